The molecule has 1 saturated heterocycles. The van der Waals surface area contributed by atoms with Gasteiger partial charge in [0.05, 0.1) is 5.92 Å². The SMILES string of the molecule is O=C1CCc2cc(C(=O)N3C[C@H](C(=O)O)[C@@H](C4CC4)C3)ccc2N1. The number of benzene rings is 1. The summed E-state index contributed by atoms with van der Waals surface area (Å²) < 4.78 is 0. The maximum atomic E-state index is 12.8. The maximum Gasteiger partial charge on any atom is 0.308 e. The van der Waals surface area contributed by atoms with Crippen LogP contribution in [0.3, 0.4) is 0 Å². The van der Waals surface area contributed by atoms with Crippen LogP contribution in [0.25, 0.3) is 0 Å². The second-order valence-corrected chi connectivity index (χ2v) is 7.08. The van der Waals surface area contributed by atoms with Gasteiger partial charge in [0.2, 0.25) is 5.91 Å². The van der Waals surface area contributed by atoms with Crippen molar-refractivity contribution in [2.24, 2.45) is 17.8 Å². The molecule has 1 aliphatic carbocycles. The number of aliphatic carboxylic acids is 1. The fourth-order valence-corrected chi connectivity index (χ4v) is 3.96. The summed E-state index contributed by atoms with van der Waals surface area (Å²) in [5.41, 5.74) is 2.31. The number of rotatable bonds is 3. The number of carboxylic acid groups (broad SMARTS) is 1. The van der Waals surface area contributed by atoms with Gasteiger partial charge in [0.15, 0.2) is 0 Å². The van der Waals surface area contributed by atoms with Gasteiger partial charge in [0, 0.05) is 30.8 Å². The van der Waals surface area contributed by atoms with Gasteiger partial charge in [-0.1, -0.05) is 0 Å². The third-order valence-corrected chi connectivity index (χ3v) is 5.44. The second kappa shape index (κ2) is 5.61. The predicted octanol–water partition coefficient (Wildman–Crippen LogP) is 1.75. The summed E-state index contributed by atoms with van der Waals surface area (Å²) in [4.78, 5) is 37.4. The van der Waals surface area contributed by atoms with Gasteiger partial charge in [0.25, 0.3) is 5.91 Å². The Bertz CT molecular complexity index is 726. The summed E-state index contributed by atoms with van der Waals surface area (Å²) in [6.07, 6.45) is 3.22. The minimum atomic E-state index is -0.796. The van der Waals surface area contributed by atoms with Crippen LogP contribution in [0.5, 0.6) is 0 Å². The number of nitrogens with one attached hydrogen (secondary N) is 1. The summed E-state index contributed by atoms with van der Waals surface area (Å²) in [6.45, 7) is 0.831. The molecule has 4 rings (SSSR count). The molecule has 0 spiro atoms. The van der Waals surface area contributed by atoms with Crippen molar-refractivity contribution in [2.45, 2.75) is 25.7 Å². The van der Waals surface area contributed by atoms with E-state index in [-0.39, 0.29) is 17.7 Å². The van der Waals surface area contributed by atoms with Gasteiger partial charge >= 0.3 is 5.97 Å². The van der Waals surface area contributed by atoms with Crippen molar-refractivity contribution in [1.29, 1.82) is 0 Å². The molecule has 24 heavy (non-hydrogen) atoms. The molecule has 0 unspecified atom stereocenters. The normalized spacial score (nSPS) is 26.0. The highest BCUT2D eigenvalue weighted by Crippen LogP contribution is 2.44. The summed E-state index contributed by atoms with van der Waals surface area (Å²) in [6, 6.07) is 5.31. The van der Waals surface area contributed by atoms with Crippen molar-refractivity contribution in [2.75, 3.05) is 18.4 Å². The Hall–Kier alpha value is -2.37. The topological polar surface area (TPSA) is 86.7 Å². The number of amides is 2. The van der Waals surface area contributed by atoms with E-state index in [4.69, 9.17) is 0 Å². The molecular formula is C18H20N2O4. The zero-order valence-electron chi connectivity index (χ0n) is 13.3. The van der Waals surface area contributed by atoms with Crippen molar-refractivity contribution in [3.63, 3.8) is 0 Å². The third-order valence-electron chi connectivity index (χ3n) is 5.44. The fraction of sp³-hybridized carbons (Fsp3) is 0.500. The average molecular weight is 328 g/mol. The predicted molar refractivity (Wildman–Crippen MR) is 86.6 cm³/mol. The molecule has 1 aromatic carbocycles. The first-order valence-electron chi connectivity index (χ1n) is 8.48. The minimum absolute atomic E-state index is 0.00213. The molecule has 2 amide bonds. The number of anilines is 1. The molecule has 1 aromatic rings. The van der Waals surface area contributed by atoms with E-state index in [1.54, 1.807) is 17.0 Å². The van der Waals surface area contributed by atoms with E-state index >= 15 is 0 Å². The molecule has 6 nitrogen and oxygen atoms in total. The molecule has 2 aliphatic heterocycles. The number of carbonyl (C=O) groups is 3. The molecule has 2 atom stereocenters. The monoisotopic (exact) mass is 328 g/mol. The Morgan fingerprint density at radius 3 is 2.67 bits per heavy atom. The van der Waals surface area contributed by atoms with Gasteiger partial charge in [-0.2, -0.15) is 0 Å². The number of hydrogen-bond acceptors (Lipinski definition) is 3. The first-order chi connectivity index (χ1) is 11.5. The van der Waals surface area contributed by atoms with Crippen LogP contribution in [0, 0.1) is 17.8 Å². The van der Waals surface area contributed by atoms with Crippen LogP contribution in [0.15, 0.2) is 18.2 Å². The van der Waals surface area contributed by atoms with Gasteiger partial charge in [-0.3, -0.25) is 14.4 Å². The van der Waals surface area contributed by atoms with Crippen molar-refractivity contribution in [1.82, 2.24) is 4.90 Å². The molecule has 2 fully saturated rings. The molecular weight excluding hydrogens is 308 g/mol. The standard InChI is InChI=1S/C18H20N2O4/c21-16-6-4-11-7-12(3-5-15(11)19-16)17(22)20-8-13(10-1-2-10)14(9-20)18(23)24/h3,5,7,10,13-14H,1-2,4,6,8-9H2,(H,19,21)(H,23,24)/t13-,14+/m1/s1. The van der Waals surface area contributed by atoms with Gasteiger partial charge in [-0.25, -0.2) is 0 Å². The number of carbonyl (C=O) groups excluding carboxylic acids is 2. The number of carboxylic acids is 1. The average Bonchev–Trinajstić information content (AvgIpc) is 3.31. The molecule has 3 aliphatic rings. The number of hydrogen-bond donors (Lipinski definition) is 2. The summed E-state index contributed by atoms with van der Waals surface area (Å²) >= 11 is 0. The molecule has 0 aromatic heterocycles. The molecule has 2 heterocycles. The lowest BCUT2D eigenvalue weighted by atomic mass is 9.92. The number of fused-ring (bicyclic) bond motifs is 1. The second-order valence-electron chi connectivity index (χ2n) is 7.08. The molecule has 2 N–H and O–H groups in total. The Morgan fingerprint density at radius 1 is 1.17 bits per heavy atom. The van der Waals surface area contributed by atoms with E-state index in [0.29, 0.717) is 37.4 Å². The smallest absolute Gasteiger partial charge is 0.308 e. The Labute approximate surface area is 139 Å². The first-order valence-corrected chi connectivity index (χ1v) is 8.48. The lowest BCUT2D eigenvalue weighted by molar-refractivity contribution is -0.142. The zero-order chi connectivity index (χ0) is 16.8. The van der Waals surface area contributed by atoms with E-state index in [1.165, 1.54) is 0 Å². The van der Waals surface area contributed by atoms with Gasteiger partial charge in [0.1, 0.15) is 0 Å². The molecule has 1 saturated carbocycles. The molecule has 126 valence electrons. The molecule has 0 bridgehead atoms. The van der Waals surface area contributed by atoms with Crippen LogP contribution < -0.4 is 5.32 Å². The Kier molecular flexibility index (Phi) is 3.55. The largest absolute Gasteiger partial charge is 0.481 e. The van der Waals surface area contributed by atoms with Gasteiger partial charge < -0.3 is 15.3 Å². The highest BCUT2D eigenvalue weighted by molar-refractivity contribution is 5.98. The summed E-state index contributed by atoms with van der Waals surface area (Å²) in [7, 11) is 0. The van der Waals surface area contributed by atoms with Crippen LogP contribution in [-0.2, 0) is 16.0 Å². The fourth-order valence-electron chi connectivity index (χ4n) is 3.96. The van der Waals surface area contributed by atoms with Crippen molar-refractivity contribution in [3.8, 4) is 0 Å². The van der Waals surface area contributed by atoms with Crippen LogP contribution >= 0.6 is 0 Å². The minimum Gasteiger partial charge on any atom is -0.481 e. The van der Waals surface area contributed by atoms with E-state index in [2.05, 4.69) is 5.32 Å². The van der Waals surface area contributed by atoms with E-state index in [0.717, 1.165) is 24.1 Å². The van der Waals surface area contributed by atoms with Crippen molar-refractivity contribution in [3.05, 3.63) is 29.3 Å². The molecule has 0 radical (unpaired) electrons. The maximum absolute atomic E-state index is 12.8. The highest BCUT2D eigenvalue weighted by Gasteiger charge is 2.46. The quantitative estimate of drug-likeness (QED) is 0.885. The van der Waals surface area contributed by atoms with Gasteiger partial charge in [-0.05, 0) is 54.9 Å². The van der Waals surface area contributed by atoms with Crippen LogP contribution in [0.2, 0.25) is 0 Å². The number of aryl methyl sites for hydroxylation is 1. The van der Waals surface area contributed by atoms with Crippen LogP contribution in [0.4, 0.5) is 5.69 Å². The van der Waals surface area contributed by atoms with E-state index in [1.807, 2.05) is 6.07 Å². The van der Waals surface area contributed by atoms with Gasteiger partial charge in [-0.15, -0.1) is 0 Å². The lowest BCUT2D eigenvalue weighted by Crippen LogP contribution is -2.30. The summed E-state index contributed by atoms with van der Waals surface area (Å²) in [5.74, 6) is -0.804. The highest BCUT2D eigenvalue weighted by atomic mass is 16.4. The van der Waals surface area contributed by atoms with E-state index in [9.17, 15) is 19.5 Å². The number of nitrogens with zero attached hydrogens (tertiary/aromatic N) is 1. The first kappa shape index (κ1) is 15.2. The Balaban J connectivity index is 1.53. The van der Waals surface area contributed by atoms with Crippen LogP contribution in [-0.4, -0.2) is 40.9 Å². The van der Waals surface area contributed by atoms with Crippen LogP contribution in [0.1, 0.15) is 35.2 Å². The van der Waals surface area contributed by atoms with Crippen molar-refractivity contribution < 1.29 is 19.5 Å². The van der Waals surface area contributed by atoms with Crippen molar-refractivity contribution >= 4 is 23.5 Å². The third kappa shape index (κ3) is 2.66. The lowest BCUT2D eigenvalue weighted by Gasteiger charge is -2.20. The molecule has 6 heteroatoms. The zero-order valence-corrected chi connectivity index (χ0v) is 13.3. The van der Waals surface area contributed by atoms with E-state index < -0.39 is 11.9 Å². The Morgan fingerprint density at radius 2 is 1.96 bits per heavy atom. The number of likely N-dealkylation sites (tertiary alicyclic amines) is 1. The summed E-state index contributed by atoms with van der Waals surface area (Å²) in [5, 5.41) is 12.2.